The van der Waals surface area contributed by atoms with Gasteiger partial charge in [0.2, 0.25) is 0 Å². The van der Waals surface area contributed by atoms with Crippen molar-refractivity contribution in [2.75, 3.05) is 0 Å². The predicted octanol–water partition coefficient (Wildman–Crippen LogP) is 3.18. The lowest BCUT2D eigenvalue weighted by atomic mass is 10.1. The molecule has 5 heteroatoms. The Kier molecular flexibility index (Phi) is 4.00. The van der Waals surface area contributed by atoms with E-state index in [2.05, 4.69) is 11.1 Å². The molecule has 0 saturated heterocycles. The van der Waals surface area contributed by atoms with E-state index < -0.39 is 5.97 Å². The highest BCUT2D eigenvalue weighted by atomic mass is 16.4. The van der Waals surface area contributed by atoms with Crippen molar-refractivity contribution in [2.24, 2.45) is 0 Å². The molecule has 24 heavy (non-hydrogen) atoms. The van der Waals surface area contributed by atoms with Gasteiger partial charge in [-0.1, -0.05) is 29.8 Å². The highest BCUT2D eigenvalue weighted by Crippen LogP contribution is 2.14. The van der Waals surface area contributed by atoms with Crippen LogP contribution in [-0.2, 0) is 0 Å². The Bertz CT molecular complexity index is 1030. The number of hydrogen-bond donors (Lipinski definition) is 1. The average molecular weight is 320 g/mol. The summed E-state index contributed by atoms with van der Waals surface area (Å²) >= 11 is 0. The monoisotopic (exact) mass is 320 g/mol. The van der Waals surface area contributed by atoms with Crippen molar-refractivity contribution in [3.8, 4) is 0 Å². The summed E-state index contributed by atoms with van der Waals surface area (Å²) in [7, 11) is 0. The van der Waals surface area contributed by atoms with Crippen LogP contribution in [0.5, 0.6) is 0 Å². The van der Waals surface area contributed by atoms with Crippen molar-refractivity contribution in [3.05, 3.63) is 80.9 Å². The number of nitrogens with zero attached hydrogens (tertiary/aromatic N) is 2. The van der Waals surface area contributed by atoms with Crippen LogP contribution in [0, 0.1) is 13.8 Å². The minimum atomic E-state index is -1.08. The van der Waals surface area contributed by atoms with Crippen molar-refractivity contribution in [3.63, 3.8) is 0 Å². The van der Waals surface area contributed by atoms with E-state index in [1.165, 1.54) is 34.4 Å². The Morgan fingerprint density at radius 1 is 1.12 bits per heavy atom. The topological polar surface area (TPSA) is 71.7 Å². The lowest BCUT2D eigenvalue weighted by molar-refractivity contribution is 0.0696. The Morgan fingerprint density at radius 3 is 2.62 bits per heavy atom. The minimum Gasteiger partial charge on any atom is -0.478 e. The molecule has 1 aromatic carbocycles. The summed E-state index contributed by atoms with van der Waals surface area (Å²) in [5, 5.41) is 9.00. The van der Waals surface area contributed by atoms with E-state index in [1.807, 2.05) is 32.1 Å². The fourth-order valence-electron chi connectivity index (χ4n) is 2.52. The number of aryl methyl sites for hydroxylation is 2. The highest BCUT2D eigenvalue weighted by Gasteiger charge is 2.06. The van der Waals surface area contributed by atoms with Gasteiger partial charge in [0.05, 0.1) is 11.3 Å². The summed E-state index contributed by atoms with van der Waals surface area (Å²) < 4.78 is 1.23. The predicted molar refractivity (Wildman–Crippen MR) is 93.3 cm³/mol. The first kappa shape index (κ1) is 15.7. The molecule has 0 radical (unpaired) electrons. The Morgan fingerprint density at radius 2 is 1.92 bits per heavy atom. The van der Waals surface area contributed by atoms with Crippen LogP contribution < -0.4 is 5.56 Å². The molecule has 0 atom stereocenters. The lowest BCUT2D eigenvalue weighted by Crippen LogP contribution is -2.15. The number of pyridine rings is 1. The van der Waals surface area contributed by atoms with Gasteiger partial charge in [0, 0.05) is 12.3 Å². The molecule has 0 spiro atoms. The first-order valence-electron chi connectivity index (χ1n) is 7.46. The van der Waals surface area contributed by atoms with Gasteiger partial charge < -0.3 is 5.11 Å². The number of benzene rings is 1. The molecule has 3 aromatic rings. The van der Waals surface area contributed by atoms with Crippen LogP contribution in [0.25, 0.3) is 17.8 Å². The van der Waals surface area contributed by atoms with Crippen LogP contribution >= 0.6 is 0 Å². The van der Waals surface area contributed by atoms with Crippen LogP contribution in [0.1, 0.15) is 32.7 Å². The molecule has 0 saturated carbocycles. The van der Waals surface area contributed by atoms with Gasteiger partial charge in [-0.2, -0.15) is 0 Å². The van der Waals surface area contributed by atoms with E-state index in [0.717, 1.165) is 11.1 Å². The summed E-state index contributed by atoms with van der Waals surface area (Å²) in [6.07, 6.45) is 4.98. The quantitative estimate of drug-likeness (QED) is 0.804. The fraction of sp³-hybridized carbons (Fsp3) is 0.105. The molecule has 1 N–H and O–H groups in total. The van der Waals surface area contributed by atoms with Crippen LogP contribution in [0.15, 0.2) is 47.4 Å². The van der Waals surface area contributed by atoms with E-state index >= 15 is 0 Å². The molecular formula is C19H16N2O3. The fourth-order valence-corrected chi connectivity index (χ4v) is 2.52. The summed E-state index contributed by atoms with van der Waals surface area (Å²) in [5.74, 6) is -1.08. The zero-order valence-corrected chi connectivity index (χ0v) is 13.4. The van der Waals surface area contributed by atoms with Crippen molar-refractivity contribution in [2.45, 2.75) is 13.8 Å². The molecule has 120 valence electrons. The molecule has 5 nitrogen and oxygen atoms in total. The highest BCUT2D eigenvalue weighted by molar-refractivity contribution is 5.87. The number of carboxylic acid groups (broad SMARTS) is 1. The van der Waals surface area contributed by atoms with Gasteiger partial charge in [0.25, 0.3) is 5.56 Å². The normalized spacial score (nSPS) is 11.2. The minimum absolute atomic E-state index is 0.0463. The molecule has 0 fully saturated rings. The molecule has 0 aliphatic heterocycles. The molecule has 0 unspecified atom stereocenters. The third-order valence-electron chi connectivity index (χ3n) is 3.79. The van der Waals surface area contributed by atoms with E-state index in [0.29, 0.717) is 11.3 Å². The van der Waals surface area contributed by atoms with E-state index in [1.54, 1.807) is 6.08 Å². The number of carboxylic acids is 1. The Labute approximate surface area is 138 Å². The number of carbonyl (C=O) groups is 1. The smallest absolute Gasteiger partial charge is 0.337 e. The van der Waals surface area contributed by atoms with Crippen LogP contribution in [-0.4, -0.2) is 20.5 Å². The molecular weight excluding hydrogens is 304 g/mol. The second-order valence-electron chi connectivity index (χ2n) is 5.66. The van der Waals surface area contributed by atoms with Gasteiger partial charge in [0.15, 0.2) is 0 Å². The number of rotatable bonds is 3. The lowest BCUT2D eigenvalue weighted by Gasteiger charge is -2.04. The van der Waals surface area contributed by atoms with Gasteiger partial charge in [-0.15, -0.1) is 0 Å². The zero-order valence-electron chi connectivity index (χ0n) is 13.4. The summed E-state index contributed by atoms with van der Waals surface area (Å²) in [6, 6.07) is 10.5. The third-order valence-corrected chi connectivity index (χ3v) is 3.79. The van der Waals surface area contributed by atoms with Gasteiger partial charge in [0.1, 0.15) is 5.65 Å². The first-order chi connectivity index (χ1) is 11.4. The van der Waals surface area contributed by atoms with E-state index in [9.17, 15) is 9.59 Å². The maximum absolute atomic E-state index is 12.2. The molecule has 2 aromatic heterocycles. The summed E-state index contributed by atoms with van der Waals surface area (Å²) in [4.78, 5) is 27.6. The average Bonchev–Trinajstić information content (AvgIpc) is 2.53. The van der Waals surface area contributed by atoms with Gasteiger partial charge >= 0.3 is 5.97 Å². The van der Waals surface area contributed by atoms with Crippen LogP contribution in [0.3, 0.4) is 0 Å². The maximum Gasteiger partial charge on any atom is 0.337 e. The van der Waals surface area contributed by atoms with Crippen molar-refractivity contribution < 1.29 is 9.90 Å². The number of hydrogen-bond acceptors (Lipinski definition) is 3. The van der Waals surface area contributed by atoms with E-state index in [4.69, 9.17) is 5.11 Å². The molecule has 3 rings (SSSR count). The second kappa shape index (κ2) is 6.12. The second-order valence-corrected chi connectivity index (χ2v) is 5.66. The SMILES string of the molecule is Cc1ccc(C=Cc2cc(=O)n3cc(C(=O)O)ccc3n2)c(C)c1. The van der Waals surface area contributed by atoms with Crippen LogP contribution in [0.4, 0.5) is 0 Å². The van der Waals surface area contributed by atoms with Crippen molar-refractivity contribution in [1.82, 2.24) is 9.38 Å². The van der Waals surface area contributed by atoms with Gasteiger partial charge in [-0.3, -0.25) is 9.20 Å². The van der Waals surface area contributed by atoms with Crippen molar-refractivity contribution >= 4 is 23.8 Å². The first-order valence-corrected chi connectivity index (χ1v) is 7.46. The molecule has 2 heterocycles. The Balaban J connectivity index is 2.01. The van der Waals surface area contributed by atoms with Gasteiger partial charge in [-0.25, -0.2) is 9.78 Å². The largest absolute Gasteiger partial charge is 0.478 e. The van der Waals surface area contributed by atoms with Crippen molar-refractivity contribution in [1.29, 1.82) is 0 Å². The van der Waals surface area contributed by atoms with E-state index in [-0.39, 0.29) is 11.1 Å². The molecule has 0 bridgehead atoms. The molecule has 0 amide bonds. The van der Waals surface area contributed by atoms with Gasteiger partial charge in [-0.05, 0) is 43.2 Å². The summed E-state index contributed by atoms with van der Waals surface area (Å²) in [5.41, 5.74) is 4.07. The standard InChI is InChI=1S/C19H16N2O3/c1-12-3-4-14(13(2)9-12)5-7-16-10-18(22)21-11-15(19(23)24)6-8-17(21)20-16/h3-11H,1-2H3,(H,23,24). The molecule has 0 aliphatic carbocycles. The third kappa shape index (κ3) is 3.10. The van der Waals surface area contributed by atoms with Crippen LogP contribution in [0.2, 0.25) is 0 Å². The number of aromatic nitrogens is 2. The Hall–Kier alpha value is -3.21. The number of aromatic carboxylic acids is 1. The maximum atomic E-state index is 12.2. The zero-order chi connectivity index (χ0) is 17.3. The number of fused-ring (bicyclic) bond motifs is 1. The summed E-state index contributed by atoms with van der Waals surface area (Å²) in [6.45, 7) is 4.07. The molecule has 0 aliphatic rings.